The minimum Gasteiger partial charge on any atom is -0.352 e. The molecule has 90 valence electrons. The van der Waals surface area contributed by atoms with E-state index in [1.54, 1.807) is 19.3 Å². The Morgan fingerprint density at radius 3 is 3.12 bits per heavy atom. The average Bonchev–Trinajstić information content (AvgIpc) is 2.95. The molecule has 0 aromatic carbocycles. The number of carbonyl (C=O) groups is 1. The summed E-state index contributed by atoms with van der Waals surface area (Å²) in [6.07, 6.45) is 4.20. The lowest BCUT2D eigenvalue weighted by molar-refractivity contribution is -0.121. The van der Waals surface area contributed by atoms with Crippen molar-refractivity contribution in [3.63, 3.8) is 0 Å². The van der Waals surface area contributed by atoms with Crippen molar-refractivity contribution in [2.75, 3.05) is 0 Å². The van der Waals surface area contributed by atoms with Crippen LogP contribution >= 0.6 is 0 Å². The Morgan fingerprint density at radius 2 is 2.47 bits per heavy atom. The summed E-state index contributed by atoms with van der Waals surface area (Å²) < 4.78 is 4.91. The SMILES string of the molecule is Cc1noc(CCC(=O)NCc2cn[nH]c2)n1. The van der Waals surface area contributed by atoms with E-state index in [0.717, 1.165) is 5.56 Å². The normalized spacial score (nSPS) is 10.4. The fourth-order valence-electron chi connectivity index (χ4n) is 1.33. The highest BCUT2D eigenvalue weighted by atomic mass is 16.5. The smallest absolute Gasteiger partial charge is 0.227 e. The number of rotatable bonds is 5. The third kappa shape index (κ3) is 3.40. The molecule has 2 heterocycles. The topological polar surface area (TPSA) is 96.7 Å². The molecule has 2 aromatic heterocycles. The van der Waals surface area contributed by atoms with Gasteiger partial charge in [-0.1, -0.05) is 5.16 Å². The van der Waals surface area contributed by atoms with Gasteiger partial charge in [-0.3, -0.25) is 9.89 Å². The third-order valence-electron chi connectivity index (χ3n) is 2.18. The van der Waals surface area contributed by atoms with Crippen LogP contribution in [0.15, 0.2) is 16.9 Å². The van der Waals surface area contributed by atoms with Gasteiger partial charge >= 0.3 is 0 Å². The summed E-state index contributed by atoms with van der Waals surface area (Å²) >= 11 is 0. The molecule has 17 heavy (non-hydrogen) atoms. The van der Waals surface area contributed by atoms with Crippen LogP contribution in [0.1, 0.15) is 23.7 Å². The number of nitrogens with one attached hydrogen (secondary N) is 2. The lowest BCUT2D eigenvalue weighted by Gasteiger charge is -2.01. The summed E-state index contributed by atoms with van der Waals surface area (Å²) in [6, 6.07) is 0. The molecule has 0 aliphatic heterocycles. The van der Waals surface area contributed by atoms with Gasteiger partial charge in [-0.25, -0.2) is 0 Å². The molecule has 0 saturated carbocycles. The van der Waals surface area contributed by atoms with Crippen LogP contribution < -0.4 is 5.32 Å². The van der Waals surface area contributed by atoms with Crippen LogP contribution in [0.4, 0.5) is 0 Å². The standard InChI is InChI=1S/C10H13N5O2/c1-7-14-10(17-15-7)3-2-9(16)11-4-8-5-12-13-6-8/h5-6H,2-4H2,1H3,(H,11,16)(H,12,13). The fraction of sp³-hybridized carbons (Fsp3) is 0.400. The molecule has 0 spiro atoms. The zero-order valence-electron chi connectivity index (χ0n) is 9.43. The summed E-state index contributed by atoms with van der Waals surface area (Å²) in [6.45, 7) is 2.21. The Labute approximate surface area is 97.6 Å². The Bertz CT molecular complexity index is 477. The zero-order chi connectivity index (χ0) is 12.1. The zero-order valence-corrected chi connectivity index (χ0v) is 9.43. The second-order valence-electron chi connectivity index (χ2n) is 3.62. The largest absolute Gasteiger partial charge is 0.352 e. The highest BCUT2D eigenvalue weighted by Crippen LogP contribution is 2.00. The lowest BCUT2D eigenvalue weighted by atomic mass is 10.3. The number of hydrogen-bond acceptors (Lipinski definition) is 5. The van der Waals surface area contributed by atoms with E-state index in [9.17, 15) is 4.79 Å². The van der Waals surface area contributed by atoms with Gasteiger partial charge < -0.3 is 9.84 Å². The molecule has 0 saturated heterocycles. The third-order valence-corrected chi connectivity index (χ3v) is 2.18. The van der Waals surface area contributed by atoms with Crippen molar-refractivity contribution in [1.82, 2.24) is 25.7 Å². The van der Waals surface area contributed by atoms with Crippen molar-refractivity contribution in [2.24, 2.45) is 0 Å². The summed E-state index contributed by atoms with van der Waals surface area (Å²) in [5, 5.41) is 12.9. The van der Waals surface area contributed by atoms with Crippen LogP contribution in [0, 0.1) is 6.92 Å². The molecule has 0 atom stereocenters. The van der Waals surface area contributed by atoms with Gasteiger partial charge in [-0.05, 0) is 6.92 Å². The summed E-state index contributed by atoms with van der Waals surface area (Å²) in [5.74, 6) is 1.02. The molecule has 0 unspecified atom stereocenters. The van der Waals surface area contributed by atoms with Crippen LogP contribution in [0.25, 0.3) is 0 Å². The highest BCUT2D eigenvalue weighted by Gasteiger charge is 2.07. The molecule has 1 amide bonds. The van der Waals surface area contributed by atoms with Crippen molar-refractivity contribution in [3.8, 4) is 0 Å². The molecule has 0 aliphatic carbocycles. The van der Waals surface area contributed by atoms with Crippen molar-refractivity contribution in [2.45, 2.75) is 26.3 Å². The van der Waals surface area contributed by atoms with E-state index in [1.807, 2.05) is 0 Å². The second-order valence-corrected chi connectivity index (χ2v) is 3.62. The molecule has 2 aromatic rings. The maximum absolute atomic E-state index is 11.5. The van der Waals surface area contributed by atoms with E-state index >= 15 is 0 Å². The van der Waals surface area contributed by atoms with Crippen molar-refractivity contribution >= 4 is 5.91 Å². The minimum absolute atomic E-state index is 0.0537. The Kier molecular flexibility index (Phi) is 3.49. The number of nitrogens with zero attached hydrogens (tertiary/aromatic N) is 3. The number of aromatic amines is 1. The number of H-pyrrole nitrogens is 1. The lowest BCUT2D eigenvalue weighted by Crippen LogP contribution is -2.22. The van der Waals surface area contributed by atoms with E-state index in [-0.39, 0.29) is 5.91 Å². The maximum Gasteiger partial charge on any atom is 0.227 e. The first-order chi connectivity index (χ1) is 8.24. The molecule has 0 radical (unpaired) electrons. The minimum atomic E-state index is -0.0537. The number of hydrogen-bond donors (Lipinski definition) is 2. The first-order valence-electron chi connectivity index (χ1n) is 5.27. The van der Waals surface area contributed by atoms with Crippen LogP contribution in [-0.2, 0) is 17.8 Å². The van der Waals surface area contributed by atoms with E-state index in [1.165, 1.54) is 0 Å². The van der Waals surface area contributed by atoms with Gasteiger partial charge in [0.2, 0.25) is 11.8 Å². The van der Waals surface area contributed by atoms with Crippen molar-refractivity contribution in [1.29, 1.82) is 0 Å². The molecule has 7 nitrogen and oxygen atoms in total. The fourth-order valence-corrected chi connectivity index (χ4v) is 1.33. The Balaban J connectivity index is 1.71. The molecule has 2 N–H and O–H groups in total. The second kappa shape index (κ2) is 5.24. The molecular formula is C10H13N5O2. The van der Waals surface area contributed by atoms with Gasteiger partial charge in [0.15, 0.2) is 5.82 Å². The predicted molar refractivity (Wildman–Crippen MR) is 57.8 cm³/mol. The quantitative estimate of drug-likeness (QED) is 0.779. The molecule has 0 bridgehead atoms. The van der Waals surface area contributed by atoms with E-state index < -0.39 is 0 Å². The first kappa shape index (κ1) is 11.3. The predicted octanol–water partition coefficient (Wildman–Crippen LogP) is 0.350. The van der Waals surface area contributed by atoms with Crippen LogP contribution in [0.2, 0.25) is 0 Å². The highest BCUT2D eigenvalue weighted by molar-refractivity contribution is 5.75. The first-order valence-corrected chi connectivity index (χ1v) is 5.27. The molecule has 0 fully saturated rings. The van der Waals surface area contributed by atoms with Crippen LogP contribution in [0.5, 0.6) is 0 Å². The molecule has 7 heteroatoms. The summed E-state index contributed by atoms with van der Waals surface area (Å²) in [4.78, 5) is 15.5. The van der Waals surface area contributed by atoms with E-state index in [2.05, 4.69) is 25.7 Å². The number of aryl methyl sites for hydroxylation is 2. The van der Waals surface area contributed by atoms with Gasteiger partial charge in [0.05, 0.1) is 6.20 Å². The van der Waals surface area contributed by atoms with Crippen molar-refractivity contribution in [3.05, 3.63) is 29.7 Å². The average molecular weight is 235 g/mol. The van der Waals surface area contributed by atoms with Gasteiger partial charge in [0.25, 0.3) is 0 Å². The van der Waals surface area contributed by atoms with Gasteiger partial charge in [-0.2, -0.15) is 10.1 Å². The van der Waals surface area contributed by atoms with Gasteiger partial charge in [0.1, 0.15) is 0 Å². The van der Waals surface area contributed by atoms with E-state index in [0.29, 0.717) is 31.1 Å². The molecular weight excluding hydrogens is 222 g/mol. The maximum atomic E-state index is 11.5. The van der Waals surface area contributed by atoms with Gasteiger partial charge in [-0.15, -0.1) is 0 Å². The number of amides is 1. The van der Waals surface area contributed by atoms with Crippen molar-refractivity contribution < 1.29 is 9.32 Å². The molecule has 2 rings (SSSR count). The Hall–Kier alpha value is -2.18. The number of carbonyl (C=O) groups excluding carboxylic acids is 1. The number of aromatic nitrogens is 4. The summed E-state index contributed by atoms with van der Waals surface area (Å²) in [5.41, 5.74) is 0.937. The molecule has 0 aliphatic rings. The van der Waals surface area contributed by atoms with Crippen LogP contribution in [-0.4, -0.2) is 26.2 Å². The van der Waals surface area contributed by atoms with E-state index in [4.69, 9.17) is 4.52 Å². The summed E-state index contributed by atoms with van der Waals surface area (Å²) in [7, 11) is 0. The van der Waals surface area contributed by atoms with Crippen LogP contribution in [0.3, 0.4) is 0 Å². The Morgan fingerprint density at radius 1 is 1.59 bits per heavy atom. The van der Waals surface area contributed by atoms with Gasteiger partial charge in [0, 0.05) is 31.1 Å². The monoisotopic (exact) mass is 235 g/mol.